The Morgan fingerprint density at radius 2 is 1.71 bits per heavy atom. The lowest BCUT2D eigenvalue weighted by Gasteiger charge is -2.20. The Hall–Kier alpha value is -2.98. The van der Waals surface area contributed by atoms with Crippen LogP contribution in [0.3, 0.4) is 0 Å². The minimum absolute atomic E-state index is 0.0647. The molecule has 4 aromatic rings. The summed E-state index contributed by atoms with van der Waals surface area (Å²) >= 11 is 1.56. The quantitative estimate of drug-likeness (QED) is 0.441. The Balaban J connectivity index is 1.68. The van der Waals surface area contributed by atoms with Crippen molar-refractivity contribution in [2.24, 2.45) is 0 Å². The molecule has 0 aliphatic heterocycles. The molecule has 0 spiro atoms. The minimum atomic E-state index is 0.0647. The van der Waals surface area contributed by atoms with Crippen molar-refractivity contribution in [2.75, 3.05) is 4.90 Å². The van der Waals surface area contributed by atoms with E-state index in [0.29, 0.717) is 13.0 Å². The third-order valence-electron chi connectivity index (χ3n) is 4.84. The van der Waals surface area contributed by atoms with Crippen molar-refractivity contribution in [1.82, 2.24) is 4.98 Å². The highest BCUT2D eigenvalue weighted by molar-refractivity contribution is 7.22. The summed E-state index contributed by atoms with van der Waals surface area (Å²) in [5.74, 6) is 0.0647. The van der Waals surface area contributed by atoms with Crippen molar-refractivity contribution in [3.8, 4) is 0 Å². The number of para-hydroxylation sites is 1. The fraction of sp³-hybridized carbons (Fsp3) is 0.167. The lowest BCUT2D eigenvalue weighted by Crippen LogP contribution is -2.31. The zero-order valence-corrected chi connectivity index (χ0v) is 16.9. The highest BCUT2D eigenvalue weighted by Gasteiger charge is 2.21. The van der Waals surface area contributed by atoms with Crippen LogP contribution in [0.4, 0.5) is 5.13 Å². The normalized spacial score (nSPS) is 10.9. The zero-order chi connectivity index (χ0) is 19.5. The monoisotopic (exact) mass is 386 g/mol. The topological polar surface area (TPSA) is 33.2 Å². The van der Waals surface area contributed by atoms with Gasteiger partial charge in [-0.05, 0) is 42.7 Å². The van der Waals surface area contributed by atoms with Crippen LogP contribution >= 0.6 is 11.3 Å². The number of carbonyl (C=O) groups is 1. The van der Waals surface area contributed by atoms with Gasteiger partial charge in [-0.15, -0.1) is 0 Å². The number of amides is 1. The molecule has 0 saturated heterocycles. The second-order valence-electron chi connectivity index (χ2n) is 7.04. The van der Waals surface area contributed by atoms with E-state index in [0.717, 1.165) is 32.0 Å². The standard InChI is InChI=1S/C24H22N2OS/c1-17-12-13-20(18(2)14-17)15-23(27)26(16-19-8-4-3-5-9-19)24-25-21-10-6-7-11-22(21)28-24/h3-14H,15-16H2,1-2H3. The van der Waals surface area contributed by atoms with Crippen LogP contribution in [-0.4, -0.2) is 10.9 Å². The van der Waals surface area contributed by atoms with Gasteiger partial charge in [0.15, 0.2) is 5.13 Å². The summed E-state index contributed by atoms with van der Waals surface area (Å²) < 4.78 is 1.09. The Morgan fingerprint density at radius 1 is 0.964 bits per heavy atom. The first-order chi connectivity index (χ1) is 13.6. The molecule has 0 saturated carbocycles. The van der Waals surface area contributed by atoms with Gasteiger partial charge in [0.05, 0.1) is 23.2 Å². The van der Waals surface area contributed by atoms with Gasteiger partial charge in [0, 0.05) is 0 Å². The first-order valence-electron chi connectivity index (χ1n) is 9.36. The summed E-state index contributed by atoms with van der Waals surface area (Å²) in [6.07, 6.45) is 0.370. The predicted octanol–water partition coefficient (Wildman–Crippen LogP) is 5.69. The molecule has 0 unspecified atom stereocenters. The second kappa shape index (κ2) is 7.95. The molecule has 1 amide bonds. The maximum Gasteiger partial charge on any atom is 0.233 e. The van der Waals surface area contributed by atoms with Crippen molar-refractivity contribution in [1.29, 1.82) is 0 Å². The highest BCUT2D eigenvalue weighted by atomic mass is 32.1. The third-order valence-corrected chi connectivity index (χ3v) is 5.90. The Bertz CT molecular complexity index is 1080. The number of hydrogen-bond donors (Lipinski definition) is 0. The molecule has 0 N–H and O–H groups in total. The van der Waals surface area contributed by atoms with E-state index in [2.05, 4.69) is 32.0 Å². The van der Waals surface area contributed by atoms with E-state index in [1.165, 1.54) is 5.56 Å². The van der Waals surface area contributed by atoms with E-state index in [-0.39, 0.29) is 5.91 Å². The molecule has 28 heavy (non-hydrogen) atoms. The fourth-order valence-electron chi connectivity index (χ4n) is 3.31. The van der Waals surface area contributed by atoms with Gasteiger partial charge in [-0.3, -0.25) is 9.69 Å². The molecule has 0 aliphatic carbocycles. The van der Waals surface area contributed by atoms with Gasteiger partial charge in [0.25, 0.3) is 0 Å². The first kappa shape index (κ1) is 18.4. The Labute approximate surface area is 169 Å². The average molecular weight is 387 g/mol. The van der Waals surface area contributed by atoms with Crippen LogP contribution in [0.5, 0.6) is 0 Å². The number of benzene rings is 3. The summed E-state index contributed by atoms with van der Waals surface area (Å²) in [6, 6.07) is 24.3. The van der Waals surface area contributed by atoms with Crippen molar-refractivity contribution in [3.05, 3.63) is 95.1 Å². The van der Waals surface area contributed by atoms with Crippen LogP contribution in [0.1, 0.15) is 22.3 Å². The van der Waals surface area contributed by atoms with Gasteiger partial charge in [-0.25, -0.2) is 4.98 Å². The van der Waals surface area contributed by atoms with Crippen LogP contribution in [0.25, 0.3) is 10.2 Å². The van der Waals surface area contributed by atoms with Gasteiger partial charge < -0.3 is 0 Å². The molecule has 1 heterocycles. The van der Waals surface area contributed by atoms with Crippen LogP contribution in [-0.2, 0) is 17.8 Å². The van der Waals surface area contributed by atoms with Crippen molar-refractivity contribution >= 4 is 32.6 Å². The maximum atomic E-state index is 13.3. The van der Waals surface area contributed by atoms with Crippen molar-refractivity contribution in [2.45, 2.75) is 26.8 Å². The summed E-state index contributed by atoms with van der Waals surface area (Å²) in [5.41, 5.74) is 5.45. The van der Waals surface area contributed by atoms with E-state index >= 15 is 0 Å². The van der Waals surface area contributed by atoms with E-state index < -0.39 is 0 Å². The van der Waals surface area contributed by atoms with Crippen LogP contribution in [0.2, 0.25) is 0 Å². The first-order valence-corrected chi connectivity index (χ1v) is 10.2. The molecule has 3 aromatic carbocycles. The highest BCUT2D eigenvalue weighted by Crippen LogP contribution is 2.30. The minimum Gasteiger partial charge on any atom is -0.283 e. The molecule has 140 valence electrons. The Kier molecular flexibility index (Phi) is 5.22. The Morgan fingerprint density at radius 3 is 2.46 bits per heavy atom. The van der Waals surface area contributed by atoms with Gasteiger partial charge in [-0.1, -0.05) is 77.6 Å². The zero-order valence-electron chi connectivity index (χ0n) is 16.1. The van der Waals surface area contributed by atoms with Gasteiger partial charge in [-0.2, -0.15) is 0 Å². The number of rotatable bonds is 5. The summed E-state index contributed by atoms with van der Waals surface area (Å²) in [4.78, 5) is 19.9. The SMILES string of the molecule is Cc1ccc(CC(=O)N(Cc2ccccc2)c2nc3ccccc3s2)c(C)c1. The number of aromatic nitrogens is 1. The average Bonchev–Trinajstić information content (AvgIpc) is 3.13. The summed E-state index contributed by atoms with van der Waals surface area (Å²) in [5, 5.41) is 0.750. The fourth-order valence-corrected chi connectivity index (χ4v) is 4.29. The largest absolute Gasteiger partial charge is 0.283 e. The molecule has 0 atom stereocenters. The number of fused-ring (bicyclic) bond motifs is 1. The molecular formula is C24H22N2OS. The summed E-state index contributed by atoms with van der Waals surface area (Å²) in [6.45, 7) is 4.65. The van der Waals surface area contributed by atoms with E-state index in [1.807, 2.05) is 59.5 Å². The molecular weight excluding hydrogens is 364 g/mol. The van der Waals surface area contributed by atoms with Crippen LogP contribution in [0.15, 0.2) is 72.8 Å². The molecule has 0 aliphatic rings. The van der Waals surface area contributed by atoms with Crippen molar-refractivity contribution in [3.63, 3.8) is 0 Å². The third kappa shape index (κ3) is 3.97. The molecule has 0 fully saturated rings. The summed E-state index contributed by atoms with van der Waals surface area (Å²) in [7, 11) is 0. The molecule has 4 rings (SSSR count). The molecule has 1 aromatic heterocycles. The van der Waals surface area contributed by atoms with Gasteiger partial charge in [0.2, 0.25) is 5.91 Å². The number of anilines is 1. The number of nitrogens with zero attached hydrogens (tertiary/aromatic N) is 2. The predicted molar refractivity (Wildman–Crippen MR) is 117 cm³/mol. The molecule has 0 radical (unpaired) electrons. The molecule has 3 nitrogen and oxygen atoms in total. The molecule has 4 heteroatoms. The van der Waals surface area contributed by atoms with E-state index in [4.69, 9.17) is 4.98 Å². The van der Waals surface area contributed by atoms with Gasteiger partial charge >= 0.3 is 0 Å². The van der Waals surface area contributed by atoms with Gasteiger partial charge in [0.1, 0.15) is 0 Å². The molecule has 0 bridgehead atoms. The van der Waals surface area contributed by atoms with E-state index in [9.17, 15) is 4.79 Å². The number of carbonyl (C=O) groups excluding carboxylic acids is 1. The number of aryl methyl sites for hydroxylation is 2. The lowest BCUT2D eigenvalue weighted by atomic mass is 10.0. The van der Waals surface area contributed by atoms with Crippen LogP contribution < -0.4 is 4.90 Å². The maximum absolute atomic E-state index is 13.3. The second-order valence-corrected chi connectivity index (χ2v) is 8.05. The smallest absolute Gasteiger partial charge is 0.233 e. The lowest BCUT2D eigenvalue weighted by molar-refractivity contribution is -0.118. The van der Waals surface area contributed by atoms with Crippen LogP contribution in [0, 0.1) is 13.8 Å². The number of hydrogen-bond acceptors (Lipinski definition) is 3. The van der Waals surface area contributed by atoms with E-state index in [1.54, 1.807) is 11.3 Å². The van der Waals surface area contributed by atoms with Crippen molar-refractivity contribution < 1.29 is 4.79 Å². The number of thiazole rings is 1.